The lowest BCUT2D eigenvalue weighted by Crippen LogP contribution is -2.51. The maximum absolute atomic E-state index is 13.1. The Kier molecular flexibility index (Phi) is 12.5. The lowest BCUT2D eigenvalue weighted by molar-refractivity contribution is -0.137. The van der Waals surface area contributed by atoms with Crippen molar-refractivity contribution in [2.24, 2.45) is 5.92 Å². The number of aryl methyl sites for hydroxylation is 1. The number of fused-ring (bicyclic) bond motifs is 2. The molecule has 40 heavy (non-hydrogen) atoms. The minimum Gasteiger partial charge on any atom is -0.489 e. The number of carbonyl (C=O) groups excluding carboxylic acids is 3. The monoisotopic (exact) mass is 550 g/mol. The molecule has 3 aliphatic rings. The smallest absolute Gasteiger partial charge is 0.240 e. The van der Waals surface area contributed by atoms with Crippen LogP contribution in [-0.4, -0.2) is 68.0 Å². The van der Waals surface area contributed by atoms with Gasteiger partial charge in [-0.25, -0.2) is 0 Å². The van der Waals surface area contributed by atoms with Gasteiger partial charge < -0.3 is 25.6 Å². The number of hydrogen-bond acceptors (Lipinski definition) is 5. The molecule has 2 unspecified atom stereocenters. The summed E-state index contributed by atoms with van der Waals surface area (Å²) in [4.78, 5) is 38.8. The van der Waals surface area contributed by atoms with Gasteiger partial charge in [0.1, 0.15) is 11.9 Å². The minimum atomic E-state index is -0.337. The van der Waals surface area contributed by atoms with Crippen LogP contribution in [-0.2, 0) is 19.1 Å². The highest BCUT2D eigenvalue weighted by Gasteiger charge is 2.38. The standard InChI is InChI=1S/C25H38N4O4.C7H8/c1-4-5-8-19-11-12-20-14-28-23(18-9-10-18)25(32)29(3)16-22(31)27-15-21(30)26-13-6-7-17(2)24(19)33-20;1-7-5-3-2-4-6-7/h4-5,8,18,20,23,28H,6-7,9-16H2,1-3H3,(H,26,30)(H,27,31);2-6H,1H3/b5-4-,19-8-,24-17-;. The molecule has 2 aliphatic heterocycles. The molecule has 4 rings (SSSR count). The van der Waals surface area contributed by atoms with Gasteiger partial charge in [-0.05, 0) is 76.4 Å². The van der Waals surface area contributed by atoms with Gasteiger partial charge in [0.15, 0.2) is 0 Å². The second kappa shape index (κ2) is 16.0. The summed E-state index contributed by atoms with van der Waals surface area (Å²) in [6, 6.07) is 9.94. The Labute approximate surface area is 239 Å². The van der Waals surface area contributed by atoms with Crippen molar-refractivity contribution in [2.75, 3.05) is 33.2 Å². The van der Waals surface area contributed by atoms with Crippen LogP contribution in [0.5, 0.6) is 0 Å². The van der Waals surface area contributed by atoms with E-state index in [-0.39, 0.29) is 43.0 Å². The van der Waals surface area contributed by atoms with Crippen molar-refractivity contribution in [1.29, 1.82) is 0 Å². The van der Waals surface area contributed by atoms with Crippen molar-refractivity contribution >= 4 is 17.7 Å². The third-order valence-corrected chi connectivity index (χ3v) is 7.31. The highest BCUT2D eigenvalue weighted by Crippen LogP contribution is 2.34. The van der Waals surface area contributed by atoms with E-state index in [2.05, 4.69) is 48.0 Å². The highest BCUT2D eigenvalue weighted by molar-refractivity contribution is 5.89. The molecule has 2 heterocycles. The molecule has 1 aromatic rings. The first-order valence-electron chi connectivity index (χ1n) is 14.5. The fourth-order valence-corrected chi connectivity index (χ4v) is 4.82. The topological polar surface area (TPSA) is 99.8 Å². The Hall–Kier alpha value is -3.39. The Balaban J connectivity index is 0.000000547. The second-order valence-corrected chi connectivity index (χ2v) is 10.9. The Bertz CT molecular complexity index is 1090. The first-order valence-corrected chi connectivity index (χ1v) is 14.5. The second-order valence-electron chi connectivity index (χ2n) is 10.9. The van der Waals surface area contributed by atoms with E-state index in [0.717, 1.165) is 49.9 Å². The zero-order chi connectivity index (χ0) is 28.9. The molecule has 1 aromatic carbocycles. The normalized spacial score (nSPS) is 26.6. The molecule has 0 aromatic heterocycles. The molecule has 3 N–H and O–H groups in total. The first kappa shape index (κ1) is 31.1. The Morgan fingerprint density at radius 3 is 2.38 bits per heavy atom. The molecule has 1 saturated heterocycles. The summed E-state index contributed by atoms with van der Waals surface area (Å²) in [6.07, 6.45) is 11.6. The summed E-state index contributed by atoms with van der Waals surface area (Å²) in [7, 11) is 1.64. The molecule has 2 bridgehead atoms. The predicted octanol–water partition coefficient (Wildman–Crippen LogP) is 3.79. The molecule has 0 radical (unpaired) electrons. The number of allylic oxidation sites excluding steroid dienone is 5. The Morgan fingerprint density at radius 1 is 0.975 bits per heavy atom. The summed E-state index contributed by atoms with van der Waals surface area (Å²) < 4.78 is 6.44. The van der Waals surface area contributed by atoms with Gasteiger partial charge in [0, 0.05) is 20.1 Å². The summed E-state index contributed by atoms with van der Waals surface area (Å²) in [5.41, 5.74) is 3.67. The van der Waals surface area contributed by atoms with Crippen LogP contribution in [0.15, 0.2) is 65.5 Å². The summed E-state index contributed by atoms with van der Waals surface area (Å²) in [6.45, 7) is 7.13. The van der Waals surface area contributed by atoms with Gasteiger partial charge in [-0.3, -0.25) is 14.4 Å². The maximum atomic E-state index is 13.1. The molecule has 8 heteroatoms. The number of nitrogens with zero attached hydrogens (tertiary/aromatic N) is 1. The third-order valence-electron chi connectivity index (χ3n) is 7.31. The van der Waals surface area contributed by atoms with E-state index in [1.807, 2.05) is 37.3 Å². The third kappa shape index (κ3) is 10.3. The fraction of sp³-hybridized carbons (Fsp3) is 0.531. The van der Waals surface area contributed by atoms with Gasteiger partial charge in [0.05, 0.1) is 19.1 Å². The van der Waals surface area contributed by atoms with Crippen LogP contribution in [0.3, 0.4) is 0 Å². The van der Waals surface area contributed by atoms with Gasteiger partial charge >= 0.3 is 0 Å². The van der Waals surface area contributed by atoms with Crippen molar-refractivity contribution in [3.05, 3.63) is 71.0 Å². The molecule has 1 aliphatic carbocycles. The Morgan fingerprint density at radius 2 is 1.73 bits per heavy atom. The van der Waals surface area contributed by atoms with Gasteiger partial charge in [-0.2, -0.15) is 0 Å². The van der Waals surface area contributed by atoms with E-state index in [1.165, 1.54) is 16.0 Å². The van der Waals surface area contributed by atoms with Gasteiger partial charge in [-0.1, -0.05) is 54.1 Å². The largest absolute Gasteiger partial charge is 0.489 e. The molecule has 2 fully saturated rings. The van der Waals surface area contributed by atoms with Crippen LogP contribution in [0.25, 0.3) is 0 Å². The van der Waals surface area contributed by atoms with Crippen molar-refractivity contribution in [1.82, 2.24) is 20.9 Å². The number of carbonyl (C=O) groups is 3. The molecule has 218 valence electrons. The number of benzene rings is 1. The number of hydrogen-bond donors (Lipinski definition) is 3. The van der Waals surface area contributed by atoms with Crippen LogP contribution in [0.1, 0.15) is 57.9 Å². The quantitative estimate of drug-likeness (QED) is 0.520. The van der Waals surface area contributed by atoms with E-state index in [9.17, 15) is 14.4 Å². The van der Waals surface area contributed by atoms with E-state index < -0.39 is 0 Å². The van der Waals surface area contributed by atoms with Crippen molar-refractivity contribution < 1.29 is 19.1 Å². The first-order chi connectivity index (χ1) is 19.3. The van der Waals surface area contributed by atoms with E-state index >= 15 is 0 Å². The van der Waals surface area contributed by atoms with Crippen LogP contribution in [0, 0.1) is 12.8 Å². The highest BCUT2D eigenvalue weighted by atomic mass is 16.5. The zero-order valence-electron chi connectivity index (χ0n) is 24.5. The number of nitrogens with one attached hydrogen (secondary N) is 3. The number of amides is 3. The summed E-state index contributed by atoms with van der Waals surface area (Å²) in [5.74, 6) is 0.580. The van der Waals surface area contributed by atoms with E-state index in [1.54, 1.807) is 7.05 Å². The molecule has 8 nitrogen and oxygen atoms in total. The van der Waals surface area contributed by atoms with Crippen LogP contribution < -0.4 is 16.0 Å². The molecule has 3 amide bonds. The van der Waals surface area contributed by atoms with E-state index in [0.29, 0.717) is 19.0 Å². The molecule has 0 spiro atoms. The average molecular weight is 551 g/mol. The lowest BCUT2D eigenvalue weighted by atomic mass is 9.96. The average Bonchev–Trinajstić information content (AvgIpc) is 3.79. The zero-order valence-corrected chi connectivity index (χ0v) is 24.5. The number of rotatable bonds is 2. The fourth-order valence-electron chi connectivity index (χ4n) is 4.82. The molecule has 2 atom stereocenters. The van der Waals surface area contributed by atoms with E-state index in [4.69, 9.17) is 4.74 Å². The number of ether oxygens (including phenoxy) is 1. The van der Waals surface area contributed by atoms with Crippen molar-refractivity contribution in [3.8, 4) is 0 Å². The van der Waals surface area contributed by atoms with Crippen LogP contribution in [0.2, 0.25) is 0 Å². The summed E-state index contributed by atoms with van der Waals surface area (Å²) in [5, 5.41) is 8.90. The van der Waals surface area contributed by atoms with Gasteiger partial charge in [0.25, 0.3) is 0 Å². The molecular formula is C32H46N4O4. The number of likely N-dealkylation sites (N-methyl/N-ethyl adjacent to an activating group) is 1. The summed E-state index contributed by atoms with van der Waals surface area (Å²) >= 11 is 0. The minimum absolute atomic E-state index is 0.0149. The van der Waals surface area contributed by atoms with Crippen LogP contribution >= 0.6 is 0 Å². The van der Waals surface area contributed by atoms with Gasteiger partial charge in [-0.15, -0.1) is 0 Å². The maximum Gasteiger partial charge on any atom is 0.240 e. The van der Waals surface area contributed by atoms with Gasteiger partial charge in [0.2, 0.25) is 17.7 Å². The molecular weight excluding hydrogens is 504 g/mol. The van der Waals surface area contributed by atoms with Crippen molar-refractivity contribution in [2.45, 2.75) is 71.4 Å². The van der Waals surface area contributed by atoms with Crippen molar-refractivity contribution in [3.63, 3.8) is 0 Å². The lowest BCUT2D eigenvalue weighted by Gasteiger charge is -2.32. The van der Waals surface area contributed by atoms with Crippen LogP contribution in [0.4, 0.5) is 0 Å². The SMILES string of the molecule is C\C=C/C=C1CCC2CNC(C3CC3)C(=O)N(C)CC(=O)NCC(=O)NCCC/C(C)=C/1O2.Cc1ccccc1. The predicted molar refractivity (Wildman–Crippen MR) is 158 cm³/mol. The molecule has 1 saturated carbocycles.